The largest absolute Gasteiger partial charge is 0.379 e. The van der Waals surface area contributed by atoms with E-state index in [2.05, 4.69) is 18.8 Å². The van der Waals surface area contributed by atoms with Crippen LogP contribution in [-0.4, -0.2) is 32.7 Å². The summed E-state index contributed by atoms with van der Waals surface area (Å²) in [6, 6.07) is 0. The predicted octanol–water partition coefficient (Wildman–Crippen LogP) is 2.50. The van der Waals surface area contributed by atoms with Crippen molar-refractivity contribution in [3.8, 4) is 0 Å². The second-order valence-electron chi connectivity index (χ2n) is 7.45. The quantitative estimate of drug-likeness (QED) is 0.810. The maximum absolute atomic E-state index is 11.5. The van der Waals surface area contributed by atoms with Gasteiger partial charge in [-0.3, -0.25) is 0 Å². The molecular weight excluding hydrogens is 280 g/mol. The zero-order chi connectivity index (χ0) is 16.3. The third-order valence-electron chi connectivity index (χ3n) is 5.29. The van der Waals surface area contributed by atoms with Gasteiger partial charge < -0.3 is 19.1 Å². The lowest BCUT2D eigenvalue weighted by atomic mass is 9.62. The van der Waals surface area contributed by atoms with Gasteiger partial charge in [-0.2, -0.15) is 0 Å². The Morgan fingerprint density at radius 2 is 1.86 bits per heavy atom. The molecule has 1 aliphatic heterocycles. The first kappa shape index (κ1) is 15.7. The van der Waals surface area contributed by atoms with Crippen molar-refractivity contribution >= 4 is 0 Å². The van der Waals surface area contributed by atoms with E-state index in [1.54, 1.807) is 12.5 Å². The van der Waals surface area contributed by atoms with E-state index in [9.17, 15) is 5.11 Å². The van der Waals surface area contributed by atoms with Crippen LogP contribution in [0.5, 0.6) is 0 Å². The molecule has 0 radical (unpaired) electrons. The third kappa shape index (κ3) is 1.99. The van der Waals surface area contributed by atoms with Crippen LogP contribution in [0, 0.1) is 5.41 Å². The number of nitrogens with zero attached hydrogens (tertiary/aromatic N) is 2. The molecule has 1 fully saturated rings. The van der Waals surface area contributed by atoms with Crippen LogP contribution in [-0.2, 0) is 22.1 Å². The molecule has 1 spiro atoms. The SMILES string of the molecule is CC1=CC2(CC(C)(C)C1(O)c1cncn1C)OC(C)C(C)O2. The lowest BCUT2D eigenvalue weighted by Gasteiger charge is -2.50. The Labute approximate surface area is 131 Å². The van der Waals surface area contributed by atoms with Gasteiger partial charge in [0, 0.05) is 18.9 Å². The third-order valence-corrected chi connectivity index (χ3v) is 5.29. The number of rotatable bonds is 1. The summed E-state index contributed by atoms with van der Waals surface area (Å²) in [6.45, 7) is 10.1. The monoisotopic (exact) mass is 306 g/mol. The minimum atomic E-state index is -1.09. The minimum Gasteiger partial charge on any atom is -0.379 e. The van der Waals surface area contributed by atoms with Crippen molar-refractivity contribution in [3.63, 3.8) is 0 Å². The standard InChI is InChI=1S/C17H26N2O3/c1-11-7-16(21-12(2)13(3)22-16)9-15(4,5)17(11,20)14-8-18-10-19(14)6/h7-8,10,12-13,20H,9H2,1-6H3. The van der Waals surface area contributed by atoms with Crippen molar-refractivity contribution in [3.05, 3.63) is 29.9 Å². The first-order chi connectivity index (χ1) is 10.1. The molecule has 1 N–H and O–H groups in total. The molecule has 2 heterocycles. The van der Waals surface area contributed by atoms with E-state index >= 15 is 0 Å². The fourth-order valence-corrected chi connectivity index (χ4v) is 4.02. The van der Waals surface area contributed by atoms with E-state index in [4.69, 9.17) is 9.47 Å². The lowest BCUT2D eigenvalue weighted by Crippen LogP contribution is -2.53. The van der Waals surface area contributed by atoms with Crippen molar-refractivity contribution in [1.29, 1.82) is 0 Å². The molecule has 0 bridgehead atoms. The van der Waals surface area contributed by atoms with Crippen molar-refractivity contribution in [2.45, 2.75) is 64.6 Å². The summed E-state index contributed by atoms with van der Waals surface area (Å²) in [5.74, 6) is -0.739. The molecule has 1 aromatic heterocycles. The van der Waals surface area contributed by atoms with Crippen LogP contribution in [0.1, 0.15) is 46.7 Å². The van der Waals surface area contributed by atoms with Crippen molar-refractivity contribution < 1.29 is 14.6 Å². The molecule has 122 valence electrons. The fraction of sp³-hybridized carbons (Fsp3) is 0.706. The van der Waals surface area contributed by atoms with Gasteiger partial charge in [-0.05, 0) is 32.4 Å². The summed E-state index contributed by atoms with van der Waals surface area (Å²) in [4.78, 5) is 4.17. The summed E-state index contributed by atoms with van der Waals surface area (Å²) in [5, 5.41) is 11.5. The molecular formula is C17H26N2O3. The Bertz CT molecular complexity index is 609. The highest BCUT2D eigenvalue weighted by molar-refractivity contribution is 5.35. The van der Waals surface area contributed by atoms with E-state index in [0.717, 1.165) is 11.3 Å². The highest BCUT2D eigenvalue weighted by atomic mass is 16.8. The first-order valence-electron chi connectivity index (χ1n) is 7.86. The van der Waals surface area contributed by atoms with Crippen LogP contribution in [0.2, 0.25) is 0 Å². The zero-order valence-electron chi connectivity index (χ0n) is 14.3. The molecule has 0 amide bonds. The van der Waals surface area contributed by atoms with Gasteiger partial charge in [0.25, 0.3) is 0 Å². The van der Waals surface area contributed by atoms with Gasteiger partial charge in [0.05, 0.1) is 30.4 Å². The summed E-state index contributed by atoms with van der Waals surface area (Å²) < 4.78 is 14.1. The Hall–Kier alpha value is -1.17. The van der Waals surface area contributed by atoms with Gasteiger partial charge in [-0.15, -0.1) is 0 Å². The lowest BCUT2D eigenvalue weighted by molar-refractivity contribution is -0.194. The number of aliphatic hydroxyl groups is 1. The van der Waals surface area contributed by atoms with Crippen LogP contribution in [0.25, 0.3) is 0 Å². The van der Waals surface area contributed by atoms with Crippen molar-refractivity contribution in [2.75, 3.05) is 0 Å². The molecule has 3 atom stereocenters. The van der Waals surface area contributed by atoms with Crippen LogP contribution in [0.15, 0.2) is 24.2 Å². The average Bonchev–Trinajstić information content (AvgIpc) is 2.91. The molecule has 2 aliphatic rings. The molecule has 5 heteroatoms. The maximum atomic E-state index is 11.5. The number of ether oxygens (including phenoxy) is 2. The van der Waals surface area contributed by atoms with Gasteiger partial charge in [-0.25, -0.2) is 4.98 Å². The summed E-state index contributed by atoms with van der Waals surface area (Å²) in [5.41, 5.74) is 0.0863. The van der Waals surface area contributed by atoms with Crippen LogP contribution in [0.4, 0.5) is 0 Å². The summed E-state index contributed by atoms with van der Waals surface area (Å²) in [6.07, 6.45) is 6.08. The summed E-state index contributed by atoms with van der Waals surface area (Å²) >= 11 is 0. The number of imidazole rings is 1. The molecule has 3 rings (SSSR count). The smallest absolute Gasteiger partial charge is 0.189 e. The Morgan fingerprint density at radius 3 is 2.32 bits per heavy atom. The van der Waals surface area contributed by atoms with Crippen LogP contribution < -0.4 is 0 Å². The molecule has 1 aliphatic carbocycles. The molecule has 5 nitrogen and oxygen atoms in total. The number of hydrogen-bond acceptors (Lipinski definition) is 4. The highest BCUT2D eigenvalue weighted by Crippen LogP contribution is 2.55. The van der Waals surface area contributed by atoms with Gasteiger partial charge >= 0.3 is 0 Å². The number of aryl methyl sites for hydroxylation is 1. The molecule has 3 unspecified atom stereocenters. The second kappa shape index (κ2) is 4.66. The summed E-state index contributed by atoms with van der Waals surface area (Å²) in [7, 11) is 1.90. The molecule has 0 aromatic carbocycles. The second-order valence-corrected chi connectivity index (χ2v) is 7.45. The van der Waals surface area contributed by atoms with E-state index < -0.39 is 16.8 Å². The van der Waals surface area contributed by atoms with Crippen LogP contribution >= 0.6 is 0 Å². The van der Waals surface area contributed by atoms with Crippen molar-refractivity contribution in [1.82, 2.24) is 9.55 Å². The van der Waals surface area contributed by atoms with E-state index in [0.29, 0.717) is 6.42 Å². The number of aromatic nitrogens is 2. The van der Waals surface area contributed by atoms with Gasteiger partial charge in [0.2, 0.25) is 0 Å². The van der Waals surface area contributed by atoms with E-state index in [1.165, 1.54) is 0 Å². The normalized spacial score (nSPS) is 41.0. The van der Waals surface area contributed by atoms with Gasteiger partial charge in [0.15, 0.2) is 5.79 Å². The van der Waals surface area contributed by atoms with E-state index in [1.807, 2.05) is 38.5 Å². The Morgan fingerprint density at radius 1 is 1.27 bits per heavy atom. The average molecular weight is 306 g/mol. The Kier molecular flexibility index (Phi) is 3.33. The van der Waals surface area contributed by atoms with Crippen molar-refractivity contribution in [2.24, 2.45) is 12.5 Å². The first-order valence-corrected chi connectivity index (χ1v) is 7.86. The van der Waals surface area contributed by atoms with Gasteiger partial charge in [-0.1, -0.05) is 13.8 Å². The van der Waals surface area contributed by atoms with Crippen LogP contribution in [0.3, 0.4) is 0 Å². The molecule has 0 saturated carbocycles. The van der Waals surface area contributed by atoms with Gasteiger partial charge in [0.1, 0.15) is 5.60 Å². The zero-order valence-corrected chi connectivity index (χ0v) is 14.3. The molecule has 22 heavy (non-hydrogen) atoms. The minimum absolute atomic E-state index is 0.0442. The highest BCUT2D eigenvalue weighted by Gasteiger charge is 2.58. The Balaban J connectivity index is 2.10. The predicted molar refractivity (Wildman–Crippen MR) is 83.1 cm³/mol. The number of hydrogen-bond donors (Lipinski definition) is 1. The fourth-order valence-electron chi connectivity index (χ4n) is 4.02. The molecule has 1 aromatic rings. The van der Waals surface area contributed by atoms with E-state index in [-0.39, 0.29) is 12.2 Å². The molecule has 1 saturated heterocycles. The maximum Gasteiger partial charge on any atom is 0.189 e. The topological polar surface area (TPSA) is 56.5 Å².